The smallest absolute Gasteiger partial charge is 0.341 e. The van der Waals surface area contributed by atoms with Crippen molar-refractivity contribution in [3.63, 3.8) is 0 Å². The summed E-state index contributed by atoms with van der Waals surface area (Å²) in [6, 6.07) is 6.00. The summed E-state index contributed by atoms with van der Waals surface area (Å²) in [7, 11) is 0. The molecule has 31 heavy (non-hydrogen) atoms. The van der Waals surface area contributed by atoms with E-state index in [0.29, 0.717) is 23.4 Å². The van der Waals surface area contributed by atoms with Gasteiger partial charge in [-0.2, -0.15) is 0 Å². The fourth-order valence-electron chi connectivity index (χ4n) is 4.22. The van der Waals surface area contributed by atoms with Crippen molar-refractivity contribution in [2.45, 2.75) is 53.4 Å². The van der Waals surface area contributed by atoms with Crippen LogP contribution in [0.25, 0.3) is 11.1 Å². The summed E-state index contributed by atoms with van der Waals surface area (Å²) in [6.07, 6.45) is 2.66. The second-order valence-corrected chi connectivity index (χ2v) is 9.31. The Labute approximate surface area is 186 Å². The first-order valence-electron chi connectivity index (χ1n) is 10.7. The number of carbonyl (C=O) groups excluding carboxylic acids is 2. The van der Waals surface area contributed by atoms with Crippen molar-refractivity contribution in [1.82, 2.24) is 0 Å². The van der Waals surface area contributed by atoms with E-state index in [9.17, 15) is 19.5 Å². The summed E-state index contributed by atoms with van der Waals surface area (Å²) in [5.41, 5.74) is 4.24. The molecule has 2 atom stereocenters. The van der Waals surface area contributed by atoms with Gasteiger partial charge in [-0.1, -0.05) is 31.0 Å². The maximum absolute atomic E-state index is 13.1. The molecule has 166 valence electrons. The molecule has 6 nitrogen and oxygen atoms in total. The van der Waals surface area contributed by atoms with Crippen LogP contribution >= 0.6 is 11.3 Å². The molecule has 3 rings (SSSR count). The lowest BCUT2D eigenvalue weighted by Crippen LogP contribution is -2.36. The Morgan fingerprint density at radius 3 is 2.39 bits per heavy atom. The van der Waals surface area contributed by atoms with Crippen molar-refractivity contribution in [1.29, 1.82) is 0 Å². The van der Waals surface area contributed by atoms with E-state index in [0.717, 1.165) is 40.0 Å². The van der Waals surface area contributed by atoms with E-state index in [2.05, 4.69) is 5.32 Å². The molecule has 0 aliphatic heterocycles. The van der Waals surface area contributed by atoms with E-state index in [-0.39, 0.29) is 12.5 Å². The van der Waals surface area contributed by atoms with Crippen molar-refractivity contribution in [3.8, 4) is 11.1 Å². The number of thiophene rings is 1. The average Bonchev–Trinajstić information content (AvgIpc) is 3.05. The Morgan fingerprint density at radius 2 is 1.77 bits per heavy atom. The number of hydrogen-bond donors (Lipinski definition) is 2. The van der Waals surface area contributed by atoms with E-state index < -0.39 is 23.8 Å². The fourth-order valence-corrected chi connectivity index (χ4v) is 5.29. The highest BCUT2D eigenvalue weighted by molar-refractivity contribution is 7.17. The monoisotopic (exact) mass is 443 g/mol. The third kappa shape index (κ3) is 4.82. The first-order chi connectivity index (χ1) is 14.7. The van der Waals surface area contributed by atoms with Crippen LogP contribution in [0.5, 0.6) is 0 Å². The third-order valence-corrected chi connectivity index (χ3v) is 7.04. The fraction of sp³-hybridized carbons (Fsp3) is 0.458. The van der Waals surface area contributed by atoms with Gasteiger partial charge >= 0.3 is 11.9 Å². The van der Waals surface area contributed by atoms with Crippen molar-refractivity contribution < 1.29 is 24.2 Å². The molecule has 2 aromatic rings. The number of ether oxygens (including phenoxy) is 1. The van der Waals surface area contributed by atoms with Crippen LogP contribution in [0.1, 0.15) is 59.0 Å². The highest BCUT2D eigenvalue weighted by Gasteiger charge is 2.37. The molecule has 0 bridgehead atoms. The number of anilines is 1. The molecule has 1 aliphatic carbocycles. The molecule has 1 aromatic carbocycles. The summed E-state index contributed by atoms with van der Waals surface area (Å²) in [5, 5.41) is 12.8. The van der Waals surface area contributed by atoms with Gasteiger partial charge in [-0.05, 0) is 57.2 Å². The van der Waals surface area contributed by atoms with Gasteiger partial charge in [-0.3, -0.25) is 9.59 Å². The number of benzene rings is 1. The quantitative estimate of drug-likeness (QED) is 0.587. The summed E-state index contributed by atoms with van der Waals surface area (Å²) in [6.45, 7) is 7.92. The minimum atomic E-state index is -0.941. The van der Waals surface area contributed by atoms with E-state index in [1.54, 1.807) is 6.92 Å². The largest absolute Gasteiger partial charge is 0.481 e. The molecule has 1 saturated carbocycles. The Bertz CT molecular complexity index is 1010. The van der Waals surface area contributed by atoms with Gasteiger partial charge in [0.25, 0.3) is 0 Å². The number of aryl methyl sites for hydroxylation is 3. The van der Waals surface area contributed by atoms with Gasteiger partial charge in [-0.25, -0.2) is 4.79 Å². The highest BCUT2D eigenvalue weighted by atomic mass is 32.1. The zero-order valence-corrected chi connectivity index (χ0v) is 19.2. The SMILES string of the molecule is CCOC(=O)c1c(NC(=O)[C@@H]2CCCC[C@H]2C(=O)O)sc(C)c1-c1ccc(C)c(C)c1. The zero-order valence-electron chi connectivity index (χ0n) is 18.4. The van der Waals surface area contributed by atoms with Crippen LogP contribution in [0, 0.1) is 32.6 Å². The van der Waals surface area contributed by atoms with Crippen LogP contribution in [-0.4, -0.2) is 29.6 Å². The topological polar surface area (TPSA) is 92.7 Å². The van der Waals surface area contributed by atoms with Crippen LogP contribution in [0.3, 0.4) is 0 Å². The number of amides is 1. The lowest BCUT2D eigenvalue weighted by Gasteiger charge is -2.27. The van der Waals surface area contributed by atoms with Gasteiger partial charge in [0, 0.05) is 10.4 Å². The van der Waals surface area contributed by atoms with E-state index in [4.69, 9.17) is 4.74 Å². The lowest BCUT2D eigenvalue weighted by molar-refractivity contribution is -0.147. The predicted molar refractivity (Wildman–Crippen MR) is 122 cm³/mol. The molecule has 0 saturated heterocycles. The van der Waals surface area contributed by atoms with Gasteiger partial charge in [0.1, 0.15) is 10.6 Å². The van der Waals surface area contributed by atoms with Gasteiger partial charge in [0.05, 0.1) is 18.4 Å². The highest BCUT2D eigenvalue weighted by Crippen LogP contribution is 2.42. The first kappa shape index (κ1) is 23.0. The number of esters is 1. The summed E-state index contributed by atoms with van der Waals surface area (Å²) in [4.78, 5) is 38.5. The van der Waals surface area contributed by atoms with Crippen LogP contribution in [0.15, 0.2) is 18.2 Å². The zero-order chi connectivity index (χ0) is 22.7. The molecule has 0 spiro atoms. The number of carboxylic acid groups (broad SMARTS) is 1. The van der Waals surface area contributed by atoms with Crippen LogP contribution in [0.2, 0.25) is 0 Å². The summed E-state index contributed by atoms with van der Waals surface area (Å²) < 4.78 is 5.31. The van der Waals surface area contributed by atoms with Crippen LogP contribution in [-0.2, 0) is 14.3 Å². The standard InChI is InChI=1S/C24H29NO5S/c1-5-30-24(29)20-19(16-11-10-13(2)14(3)12-16)15(4)31-22(20)25-21(26)17-8-6-7-9-18(17)23(27)28/h10-12,17-18H,5-9H2,1-4H3,(H,25,26)(H,27,28)/t17-,18-/m1/s1. The Hall–Kier alpha value is -2.67. The second kappa shape index (κ2) is 9.64. The second-order valence-electron chi connectivity index (χ2n) is 8.08. The van der Waals surface area contributed by atoms with Crippen LogP contribution < -0.4 is 5.32 Å². The van der Waals surface area contributed by atoms with Gasteiger partial charge < -0.3 is 15.2 Å². The molecule has 0 unspecified atom stereocenters. The molecule has 1 aromatic heterocycles. The van der Waals surface area contributed by atoms with Crippen LogP contribution in [0.4, 0.5) is 5.00 Å². The maximum atomic E-state index is 13.1. The van der Waals surface area contributed by atoms with Crippen molar-refractivity contribution >= 4 is 34.2 Å². The van der Waals surface area contributed by atoms with Crippen molar-refractivity contribution in [2.75, 3.05) is 11.9 Å². The summed E-state index contributed by atoms with van der Waals surface area (Å²) >= 11 is 1.32. The van der Waals surface area contributed by atoms with Crippen molar-refractivity contribution in [2.24, 2.45) is 11.8 Å². The van der Waals surface area contributed by atoms with E-state index >= 15 is 0 Å². The molecule has 0 radical (unpaired) electrons. The first-order valence-corrected chi connectivity index (χ1v) is 11.5. The summed E-state index contributed by atoms with van der Waals surface area (Å²) in [5.74, 6) is -3.07. The molecule has 2 N–H and O–H groups in total. The van der Waals surface area contributed by atoms with E-state index in [1.807, 2.05) is 39.0 Å². The molecule has 1 fully saturated rings. The number of carbonyl (C=O) groups is 3. The molecular weight excluding hydrogens is 414 g/mol. The molecule has 1 heterocycles. The molecule has 7 heteroatoms. The third-order valence-electron chi connectivity index (χ3n) is 6.02. The lowest BCUT2D eigenvalue weighted by atomic mass is 9.78. The van der Waals surface area contributed by atoms with Gasteiger partial charge in [0.15, 0.2) is 0 Å². The normalized spacial score (nSPS) is 18.5. The molecule has 1 amide bonds. The minimum Gasteiger partial charge on any atom is -0.481 e. The Balaban J connectivity index is 2.02. The molecular formula is C24H29NO5S. The van der Waals surface area contributed by atoms with Gasteiger partial charge in [-0.15, -0.1) is 11.3 Å². The number of aliphatic carboxylic acids is 1. The van der Waals surface area contributed by atoms with Gasteiger partial charge in [0.2, 0.25) is 5.91 Å². The minimum absolute atomic E-state index is 0.219. The Morgan fingerprint density at radius 1 is 1.10 bits per heavy atom. The maximum Gasteiger partial charge on any atom is 0.341 e. The average molecular weight is 444 g/mol. The van der Waals surface area contributed by atoms with E-state index in [1.165, 1.54) is 11.3 Å². The number of rotatable bonds is 6. The molecule has 1 aliphatic rings. The number of nitrogens with one attached hydrogen (secondary N) is 1. The Kier molecular flexibility index (Phi) is 7.15. The number of hydrogen-bond acceptors (Lipinski definition) is 5. The predicted octanol–water partition coefficient (Wildman–Crippen LogP) is 5.35. The van der Waals surface area contributed by atoms with Crippen molar-refractivity contribution in [3.05, 3.63) is 39.8 Å². The number of carboxylic acids is 1.